The van der Waals surface area contributed by atoms with Crippen molar-refractivity contribution in [3.05, 3.63) is 30.3 Å². The lowest BCUT2D eigenvalue weighted by atomic mass is 9.91. The van der Waals surface area contributed by atoms with Gasteiger partial charge in [0, 0.05) is 0 Å². The molecule has 0 amide bonds. The first kappa shape index (κ1) is 23.0. The summed E-state index contributed by atoms with van der Waals surface area (Å²) in [6.07, 6.45) is -0.351. The van der Waals surface area contributed by atoms with E-state index in [1.165, 1.54) is 0 Å². The van der Waals surface area contributed by atoms with Gasteiger partial charge in [-0.1, -0.05) is 39.0 Å². The van der Waals surface area contributed by atoms with Crippen LogP contribution in [0.25, 0.3) is 0 Å². The molecule has 2 atom stereocenters. The monoisotopic (exact) mass is 378 g/mol. The normalized spacial score (nSPS) is 14.4. The Labute approximate surface area is 163 Å². The van der Waals surface area contributed by atoms with Crippen LogP contribution in [0.1, 0.15) is 61.8 Å². The Morgan fingerprint density at radius 3 is 1.96 bits per heavy atom. The van der Waals surface area contributed by atoms with Crippen LogP contribution in [0, 0.1) is 11.8 Å². The lowest BCUT2D eigenvalue weighted by Crippen LogP contribution is -2.48. The van der Waals surface area contributed by atoms with Crippen molar-refractivity contribution in [1.29, 1.82) is 0 Å². The summed E-state index contributed by atoms with van der Waals surface area (Å²) in [5, 5.41) is 0. The van der Waals surface area contributed by atoms with Crippen LogP contribution in [0.3, 0.4) is 0 Å². The van der Waals surface area contributed by atoms with Gasteiger partial charge in [0.25, 0.3) is 0 Å². The lowest BCUT2D eigenvalue weighted by Gasteiger charge is -2.37. The van der Waals surface area contributed by atoms with Crippen molar-refractivity contribution in [2.24, 2.45) is 11.8 Å². The SMILES string of the molecule is CC(CC(=O)OC(C)(C)C)C(=O)OC(C)(C)[C@@H](Oc1ccccc1)C(C)C. The Hall–Kier alpha value is -2.04. The van der Waals surface area contributed by atoms with Crippen LogP contribution < -0.4 is 4.74 Å². The smallest absolute Gasteiger partial charge is 0.309 e. The molecule has 0 fully saturated rings. The molecule has 0 aliphatic rings. The van der Waals surface area contributed by atoms with Crippen molar-refractivity contribution in [1.82, 2.24) is 0 Å². The molecule has 152 valence electrons. The number of ether oxygens (including phenoxy) is 3. The second kappa shape index (κ2) is 9.25. The quantitative estimate of drug-likeness (QED) is 0.609. The molecule has 0 bridgehead atoms. The summed E-state index contributed by atoms with van der Waals surface area (Å²) >= 11 is 0. The molecule has 0 aromatic heterocycles. The molecule has 0 aliphatic carbocycles. The Balaban J connectivity index is 2.76. The molecule has 0 saturated heterocycles. The maximum absolute atomic E-state index is 12.6. The van der Waals surface area contributed by atoms with E-state index in [1.54, 1.807) is 27.7 Å². The summed E-state index contributed by atoms with van der Waals surface area (Å²) in [5.74, 6) is -0.598. The number of carbonyl (C=O) groups excluding carboxylic acids is 2. The molecular formula is C22H34O5. The van der Waals surface area contributed by atoms with Gasteiger partial charge in [0.05, 0.1) is 12.3 Å². The largest absolute Gasteiger partial charge is 0.486 e. The summed E-state index contributed by atoms with van der Waals surface area (Å²) in [4.78, 5) is 24.5. The Bertz CT molecular complexity index is 613. The Morgan fingerprint density at radius 1 is 0.926 bits per heavy atom. The Kier molecular flexibility index (Phi) is 7.88. The molecule has 0 heterocycles. The van der Waals surface area contributed by atoms with Gasteiger partial charge in [-0.05, 0) is 52.7 Å². The van der Waals surface area contributed by atoms with Gasteiger partial charge in [-0.3, -0.25) is 9.59 Å². The summed E-state index contributed by atoms with van der Waals surface area (Å²) < 4.78 is 17.1. The third-order valence-electron chi connectivity index (χ3n) is 3.96. The van der Waals surface area contributed by atoms with E-state index < -0.39 is 29.1 Å². The van der Waals surface area contributed by atoms with Crippen molar-refractivity contribution < 1.29 is 23.8 Å². The predicted molar refractivity (Wildman–Crippen MR) is 105 cm³/mol. The lowest BCUT2D eigenvalue weighted by molar-refractivity contribution is -0.176. The highest BCUT2D eigenvalue weighted by molar-refractivity contribution is 5.80. The second-order valence-corrected chi connectivity index (χ2v) is 8.81. The predicted octanol–water partition coefficient (Wildman–Crippen LogP) is 4.78. The van der Waals surface area contributed by atoms with Gasteiger partial charge >= 0.3 is 11.9 Å². The maximum Gasteiger partial charge on any atom is 0.309 e. The first-order chi connectivity index (χ1) is 12.3. The first-order valence-corrected chi connectivity index (χ1v) is 9.48. The van der Waals surface area contributed by atoms with Gasteiger partial charge in [-0.15, -0.1) is 0 Å². The third kappa shape index (κ3) is 8.02. The number of para-hydroxylation sites is 1. The van der Waals surface area contributed by atoms with Gasteiger partial charge in [0.1, 0.15) is 23.1 Å². The zero-order valence-corrected chi connectivity index (χ0v) is 17.9. The van der Waals surface area contributed by atoms with Gasteiger partial charge < -0.3 is 14.2 Å². The maximum atomic E-state index is 12.6. The summed E-state index contributed by atoms with van der Waals surface area (Å²) in [6.45, 7) is 14.8. The summed E-state index contributed by atoms with van der Waals surface area (Å²) in [6, 6.07) is 9.46. The molecule has 5 nitrogen and oxygen atoms in total. The number of hydrogen-bond acceptors (Lipinski definition) is 5. The molecule has 0 spiro atoms. The summed E-state index contributed by atoms with van der Waals surface area (Å²) in [5.41, 5.74) is -1.43. The molecule has 0 saturated carbocycles. The van der Waals surface area contributed by atoms with E-state index >= 15 is 0 Å². The average Bonchev–Trinajstić information content (AvgIpc) is 2.50. The van der Waals surface area contributed by atoms with E-state index in [4.69, 9.17) is 14.2 Å². The highest BCUT2D eigenvalue weighted by Crippen LogP contribution is 2.28. The minimum absolute atomic E-state index is 0.0158. The number of carbonyl (C=O) groups is 2. The minimum Gasteiger partial charge on any atom is -0.486 e. The Morgan fingerprint density at radius 2 is 1.48 bits per heavy atom. The van der Waals surface area contributed by atoms with E-state index in [9.17, 15) is 9.59 Å². The molecular weight excluding hydrogens is 344 g/mol. The number of rotatable bonds is 8. The van der Waals surface area contributed by atoms with Crippen LogP contribution in [0.2, 0.25) is 0 Å². The molecule has 0 aliphatic heterocycles. The van der Waals surface area contributed by atoms with Crippen molar-refractivity contribution in [3.8, 4) is 5.75 Å². The van der Waals surface area contributed by atoms with E-state index in [0.29, 0.717) is 0 Å². The molecule has 1 aromatic rings. The van der Waals surface area contributed by atoms with Gasteiger partial charge in [-0.2, -0.15) is 0 Å². The summed E-state index contributed by atoms with van der Waals surface area (Å²) in [7, 11) is 0. The van der Waals surface area contributed by atoms with Crippen LogP contribution in [0.15, 0.2) is 30.3 Å². The van der Waals surface area contributed by atoms with Crippen LogP contribution in [-0.2, 0) is 19.1 Å². The van der Waals surface area contributed by atoms with Crippen LogP contribution in [0.5, 0.6) is 5.75 Å². The third-order valence-corrected chi connectivity index (χ3v) is 3.96. The standard InChI is InChI=1S/C22H34O5/c1-15(2)19(25-17-12-10-9-11-13-17)22(7,8)27-20(24)16(3)14-18(23)26-21(4,5)6/h9-13,15-16,19H,14H2,1-8H3/t16?,19-/m0/s1. The average molecular weight is 379 g/mol. The zero-order valence-electron chi connectivity index (χ0n) is 17.9. The van der Waals surface area contributed by atoms with E-state index in [-0.39, 0.29) is 18.4 Å². The number of benzene rings is 1. The van der Waals surface area contributed by atoms with Crippen molar-refractivity contribution in [3.63, 3.8) is 0 Å². The van der Waals surface area contributed by atoms with Crippen LogP contribution in [-0.4, -0.2) is 29.2 Å². The van der Waals surface area contributed by atoms with Crippen LogP contribution >= 0.6 is 0 Å². The molecule has 1 aromatic carbocycles. The molecule has 0 radical (unpaired) electrons. The van der Waals surface area contributed by atoms with E-state index in [0.717, 1.165) is 5.75 Å². The topological polar surface area (TPSA) is 61.8 Å². The first-order valence-electron chi connectivity index (χ1n) is 9.48. The zero-order chi connectivity index (χ0) is 20.8. The fourth-order valence-electron chi connectivity index (χ4n) is 2.86. The van der Waals surface area contributed by atoms with Crippen molar-refractivity contribution >= 4 is 11.9 Å². The second-order valence-electron chi connectivity index (χ2n) is 8.81. The van der Waals surface area contributed by atoms with Crippen molar-refractivity contribution in [2.75, 3.05) is 0 Å². The highest BCUT2D eigenvalue weighted by Gasteiger charge is 2.39. The van der Waals surface area contributed by atoms with Gasteiger partial charge in [0.2, 0.25) is 0 Å². The molecule has 0 N–H and O–H groups in total. The number of esters is 2. The van der Waals surface area contributed by atoms with Crippen molar-refractivity contribution in [2.45, 2.75) is 79.1 Å². The van der Waals surface area contributed by atoms with Crippen LogP contribution in [0.4, 0.5) is 0 Å². The van der Waals surface area contributed by atoms with E-state index in [1.807, 2.05) is 58.0 Å². The van der Waals surface area contributed by atoms with Gasteiger partial charge in [-0.25, -0.2) is 0 Å². The van der Waals surface area contributed by atoms with Gasteiger partial charge in [0.15, 0.2) is 0 Å². The minimum atomic E-state index is -0.858. The molecule has 1 rings (SSSR count). The molecule has 5 heteroatoms. The fourth-order valence-corrected chi connectivity index (χ4v) is 2.86. The molecule has 1 unspecified atom stereocenters. The highest BCUT2D eigenvalue weighted by atomic mass is 16.6. The number of hydrogen-bond donors (Lipinski definition) is 0. The van der Waals surface area contributed by atoms with E-state index in [2.05, 4.69) is 0 Å². The molecule has 27 heavy (non-hydrogen) atoms. The fraction of sp³-hybridized carbons (Fsp3) is 0.636.